The van der Waals surface area contributed by atoms with Gasteiger partial charge >= 0.3 is 12.2 Å². The molecule has 9 nitrogen and oxygen atoms in total. The van der Waals surface area contributed by atoms with Crippen molar-refractivity contribution >= 4 is 49.0 Å². The van der Waals surface area contributed by atoms with E-state index in [9.17, 15) is 27.2 Å². The second-order valence-electron chi connectivity index (χ2n) is 12.7. The fourth-order valence-electron chi connectivity index (χ4n) is 7.34. The summed E-state index contributed by atoms with van der Waals surface area (Å²) >= 11 is 0.677. The molecule has 3 aromatic heterocycles. The van der Waals surface area contributed by atoms with Gasteiger partial charge in [-0.2, -0.15) is 28.4 Å². The molecule has 5 aromatic rings. The highest BCUT2D eigenvalue weighted by molar-refractivity contribution is 7.23. The van der Waals surface area contributed by atoms with Gasteiger partial charge in [-0.25, -0.2) is 18.2 Å². The molecule has 16 heteroatoms. The zero-order valence-electron chi connectivity index (χ0n) is 26.8. The number of anilines is 3. The number of pyridine rings is 1. The average molecular weight is 713 g/mol. The predicted octanol–water partition coefficient (Wildman–Crippen LogP) is 7.39. The van der Waals surface area contributed by atoms with Crippen LogP contribution in [0.3, 0.4) is 0 Å². The lowest BCUT2D eigenvalue weighted by Gasteiger charge is -2.31. The van der Waals surface area contributed by atoms with Crippen LogP contribution in [0.4, 0.5) is 43.0 Å². The summed E-state index contributed by atoms with van der Waals surface area (Å²) in [5, 5.41) is 9.15. The summed E-state index contributed by atoms with van der Waals surface area (Å²) in [5.74, 6) is -2.14. The molecule has 0 radical (unpaired) electrons. The number of nitrogens with zero attached hydrogens (tertiary/aromatic N) is 6. The van der Waals surface area contributed by atoms with E-state index in [1.54, 1.807) is 26.1 Å². The van der Waals surface area contributed by atoms with Crippen LogP contribution in [0.15, 0.2) is 36.5 Å². The van der Waals surface area contributed by atoms with Crippen LogP contribution >= 0.6 is 11.3 Å². The first kappa shape index (κ1) is 33.6. The van der Waals surface area contributed by atoms with Crippen LogP contribution in [0, 0.1) is 23.0 Å². The van der Waals surface area contributed by atoms with Crippen LogP contribution < -0.4 is 21.1 Å². The first-order valence-corrected chi connectivity index (χ1v) is 16.5. The summed E-state index contributed by atoms with van der Waals surface area (Å²) in [6.45, 7) is 2.64. The fourth-order valence-corrected chi connectivity index (χ4v) is 8.29. The lowest BCUT2D eigenvalue weighted by atomic mass is 9.92. The molecule has 2 saturated heterocycles. The molecule has 0 spiro atoms. The molecule has 5 heterocycles. The Hall–Kier alpha value is -4.88. The molecule has 3 atom stereocenters. The quantitative estimate of drug-likeness (QED) is 0.166. The molecule has 2 aromatic carbocycles. The van der Waals surface area contributed by atoms with E-state index in [0.717, 1.165) is 24.6 Å². The van der Waals surface area contributed by atoms with Crippen molar-refractivity contribution in [2.24, 2.45) is 0 Å². The number of ether oxygens (including phenoxy) is 1. The van der Waals surface area contributed by atoms with E-state index in [0.29, 0.717) is 29.9 Å². The van der Waals surface area contributed by atoms with Crippen molar-refractivity contribution in [2.45, 2.75) is 50.1 Å². The number of nitrogen functional groups attached to an aromatic ring is 2. The Bertz CT molecular complexity index is 2200. The third kappa shape index (κ3) is 5.39. The van der Waals surface area contributed by atoms with Crippen LogP contribution in [0.2, 0.25) is 0 Å². The lowest BCUT2D eigenvalue weighted by molar-refractivity contribution is -0.137. The van der Waals surface area contributed by atoms with Gasteiger partial charge < -0.3 is 21.1 Å². The van der Waals surface area contributed by atoms with Crippen molar-refractivity contribution in [3.05, 3.63) is 64.9 Å². The maximum absolute atomic E-state index is 17.1. The lowest BCUT2D eigenvalue weighted by Crippen LogP contribution is -2.43. The third-order valence-corrected chi connectivity index (χ3v) is 10.9. The monoisotopic (exact) mass is 712 g/mol. The standard InChI is InChI=1S/C34H30F6N8OS/c1-16(18-5-3-9-44-29(18)42)47(2)31-20-11-22(34(38,39)40)25(19-6-7-23(36)28-24(19)21(13-41)30(43)50-28)26(37)27(20)45-32(46-31)49-15-33-8-4-10-48(33)14-17(35)12-33/h3,5-7,9,11,16-17H,4,8,10,12,14-15,43H2,1-2H3,(H2,42,44). The number of aromatic nitrogens is 3. The van der Waals surface area contributed by atoms with Crippen molar-refractivity contribution in [3.8, 4) is 23.2 Å². The van der Waals surface area contributed by atoms with Gasteiger partial charge in [0.1, 0.15) is 46.8 Å². The highest BCUT2D eigenvalue weighted by Gasteiger charge is 2.49. The first-order valence-electron chi connectivity index (χ1n) is 15.7. The van der Waals surface area contributed by atoms with Crippen LogP contribution in [-0.4, -0.2) is 58.3 Å². The summed E-state index contributed by atoms with van der Waals surface area (Å²) in [4.78, 5) is 16.4. The van der Waals surface area contributed by atoms with E-state index in [1.165, 1.54) is 11.1 Å². The normalized spacial score (nSPS) is 19.9. The van der Waals surface area contributed by atoms with Gasteiger partial charge in [-0.1, -0.05) is 12.1 Å². The molecule has 2 aliphatic rings. The Balaban J connectivity index is 1.47. The van der Waals surface area contributed by atoms with Gasteiger partial charge in [-0.05, 0) is 50.1 Å². The molecule has 2 aliphatic heterocycles. The molecule has 0 saturated carbocycles. The third-order valence-electron chi connectivity index (χ3n) is 9.86. The summed E-state index contributed by atoms with van der Waals surface area (Å²) in [7, 11) is 1.56. The minimum Gasteiger partial charge on any atom is -0.461 e. The van der Waals surface area contributed by atoms with Crippen LogP contribution in [-0.2, 0) is 6.18 Å². The van der Waals surface area contributed by atoms with Gasteiger partial charge in [0.15, 0.2) is 5.82 Å². The SMILES string of the molecule is CC(c1cccnc1N)N(C)c1nc(OCC23CCCN2CC(F)C3)nc2c(F)c(-c3ccc(F)c4sc(N)c(C#N)c34)c(C(F)(F)F)cc12. The zero-order chi connectivity index (χ0) is 35.7. The second-order valence-corrected chi connectivity index (χ2v) is 13.8. The van der Waals surface area contributed by atoms with E-state index >= 15 is 4.39 Å². The number of nitrogens with two attached hydrogens (primary N) is 2. The Morgan fingerprint density at radius 1 is 1.22 bits per heavy atom. The van der Waals surface area contributed by atoms with E-state index in [4.69, 9.17) is 16.2 Å². The number of fused-ring (bicyclic) bond motifs is 3. The van der Waals surface area contributed by atoms with Gasteiger partial charge in [0.05, 0.1) is 27.4 Å². The Labute approximate surface area is 286 Å². The predicted molar refractivity (Wildman–Crippen MR) is 178 cm³/mol. The van der Waals surface area contributed by atoms with Crippen molar-refractivity contribution < 1.29 is 31.1 Å². The summed E-state index contributed by atoms with van der Waals surface area (Å²) in [6.07, 6.45) is -2.98. The van der Waals surface area contributed by atoms with Crippen LogP contribution in [0.25, 0.3) is 32.1 Å². The molecule has 0 amide bonds. The first-order chi connectivity index (χ1) is 23.7. The highest BCUT2D eigenvalue weighted by Crippen LogP contribution is 2.48. The zero-order valence-corrected chi connectivity index (χ0v) is 27.6. The maximum Gasteiger partial charge on any atom is 0.417 e. The van der Waals surface area contributed by atoms with E-state index in [-0.39, 0.29) is 68.8 Å². The number of benzene rings is 2. The van der Waals surface area contributed by atoms with Gasteiger partial charge in [-0.15, -0.1) is 11.3 Å². The van der Waals surface area contributed by atoms with Gasteiger partial charge in [0, 0.05) is 48.1 Å². The number of alkyl halides is 4. The number of rotatable bonds is 7. The molecule has 3 unspecified atom stereocenters. The minimum atomic E-state index is -5.12. The van der Waals surface area contributed by atoms with E-state index < -0.39 is 52.2 Å². The Morgan fingerprint density at radius 2 is 2.00 bits per heavy atom. The van der Waals surface area contributed by atoms with Crippen molar-refractivity contribution in [3.63, 3.8) is 0 Å². The van der Waals surface area contributed by atoms with Crippen molar-refractivity contribution in [2.75, 3.05) is 43.1 Å². The Morgan fingerprint density at radius 3 is 2.72 bits per heavy atom. The van der Waals surface area contributed by atoms with E-state index in [1.807, 2.05) is 11.0 Å². The average Bonchev–Trinajstić information content (AvgIpc) is 3.72. The molecule has 50 heavy (non-hydrogen) atoms. The number of hydrogen-bond donors (Lipinski definition) is 2. The number of thiophene rings is 1. The number of nitriles is 1. The highest BCUT2D eigenvalue weighted by atomic mass is 32.1. The number of halogens is 6. The van der Waals surface area contributed by atoms with Gasteiger partial charge in [0.25, 0.3) is 0 Å². The molecule has 260 valence electrons. The molecule has 7 rings (SSSR count). The van der Waals surface area contributed by atoms with Crippen LogP contribution in [0.1, 0.15) is 48.9 Å². The maximum atomic E-state index is 17.1. The van der Waals surface area contributed by atoms with Gasteiger partial charge in [0.2, 0.25) is 0 Å². The summed E-state index contributed by atoms with van der Waals surface area (Å²) < 4.78 is 97.3. The fraction of sp³-hybridized carbons (Fsp3) is 0.353. The van der Waals surface area contributed by atoms with Gasteiger partial charge in [-0.3, -0.25) is 4.90 Å². The van der Waals surface area contributed by atoms with Crippen LogP contribution in [0.5, 0.6) is 6.01 Å². The molecule has 0 bridgehead atoms. The molecule has 0 aliphatic carbocycles. The largest absolute Gasteiger partial charge is 0.461 e. The van der Waals surface area contributed by atoms with E-state index in [2.05, 4.69) is 15.0 Å². The van der Waals surface area contributed by atoms with Crippen molar-refractivity contribution in [1.29, 1.82) is 5.26 Å². The molecule has 4 N–H and O–H groups in total. The summed E-state index contributed by atoms with van der Waals surface area (Å²) in [6, 6.07) is 6.84. The molecular formula is C34H30F6N8OS. The molecule has 2 fully saturated rings. The topological polar surface area (TPSA) is 130 Å². The number of hydrogen-bond acceptors (Lipinski definition) is 10. The second kappa shape index (κ2) is 12.2. The minimum absolute atomic E-state index is 0.0272. The smallest absolute Gasteiger partial charge is 0.417 e. The van der Waals surface area contributed by atoms with Crippen molar-refractivity contribution in [1.82, 2.24) is 19.9 Å². The summed E-state index contributed by atoms with van der Waals surface area (Å²) in [5.41, 5.74) is 8.48. The molecular weight excluding hydrogens is 682 g/mol. The Kier molecular flexibility index (Phi) is 8.18.